The van der Waals surface area contributed by atoms with E-state index in [4.69, 9.17) is 104 Å². The predicted octanol–water partition coefficient (Wildman–Crippen LogP) is 5.96. The van der Waals surface area contributed by atoms with Crippen LogP contribution in [0.3, 0.4) is 0 Å². The van der Waals surface area contributed by atoms with Crippen molar-refractivity contribution < 1.29 is 0 Å². The highest BCUT2D eigenvalue weighted by Gasteiger charge is 2.36. The smallest absolute Gasteiger partial charge is 0.229 e. The number of rotatable bonds is 0. The maximum Gasteiger partial charge on any atom is 0.250 e. The van der Waals surface area contributed by atoms with Crippen molar-refractivity contribution in [2.75, 3.05) is 0 Å². The molecule has 2 nitrogen and oxygen atoms in total. The molecule has 0 N–H and O–H groups in total. The molecular weight excluding hydrogens is 431 g/mol. The van der Waals surface area contributed by atoms with E-state index in [1.54, 1.807) is 0 Å². The molecule has 1 aromatic heterocycles. The van der Waals surface area contributed by atoms with Gasteiger partial charge in [-0.1, -0.05) is 104 Å². The van der Waals surface area contributed by atoms with Gasteiger partial charge in [0.2, 0.25) is 11.4 Å². The highest BCUT2D eigenvalue weighted by Crippen LogP contribution is 2.44. The first-order valence-electron chi connectivity index (χ1n) is 3.92. The lowest BCUT2D eigenvalue weighted by Gasteiger charge is -2.19. The highest BCUT2D eigenvalue weighted by atomic mass is 35.6. The van der Waals surface area contributed by atoms with Crippen molar-refractivity contribution in [3.8, 4) is 0 Å². The van der Waals surface area contributed by atoms with E-state index in [1.807, 2.05) is 0 Å². The lowest BCUT2D eigenvalue weighted by Crippen LogP contribution is -2.18. The standard InChI is InChI=1S/C7HCl9N2/c8-5(9,10)2-1-3(6(11,12)13)18-4(17-2)7(14,15)16/h1H. The fraction of sp³-hybridized carbons (Fsp3) is 0.429. The summed E-state index contributed by atoms with van der Waals surface area (Å²) in [4.78, 5) is 7.62. The molecule has 1 rings (SSSR count). The first kappa shape index (κ1) is 17.7. The SMILES string of the molecule is ClC(Cl)(Cl)c1cc(C(Cl)(Cl)Cl)nc(C(Cl)(Cl)Cl)n1. The maximum atomic E-state index is 5.68. The Hall–Kier alpha value is 1.69. The molecule has 0 spiro atoms. The molecule has 0 saturated heterocycles. The van der Waals surface area contributed by atoms with Crippen LogP contribution in [-0.4, -0.2) is 9.97 Å². The van der Waals surface area contributed by atoms with Gasteiger partial charge in [-0.15, -0.1) is 0 Å². The van der Waals surface area contributed by atoms with Crippen molar-refractivity contribution in [3.63, 3.8) is 0 Å². The van der Waals surface area contributed by atoms with Crippen molar-refractivity contribution in [3.05, 3.63) is 23.3 Å². The highest BCUT2D eigenvalue weighted by molar-refractivity contribution is 6.68. The molecule has 0 amide bonds. The van der Waals surface area contributed by atoms with Gasteiger partial charge in [0.1, 0.15) is 0 Å². The molecule has 0 fully saturated rings. The number of aromatic nitrogens is 2. The molecule has 0 saturated carbocycles. The second-order valence-electron chi connectivity index (χ2n) is 2.96. The molecule has 1 heterocycles. The van der Waals surface area contributed by atoms with Crippen LogP contribution in [0.1, 0.15) is 17.2 Å². The minimum atomic E-state index is -1.95. The van der Waals surface area contributed by atoms with E-state index in [2.05, 4.69) is 9.97 Å². The average molecular weight is 432 g/mol. The van der Waals surface area contributed by atoms with Gasteiger partial charge in [-0.3, -0.25) is 0 Å². The van der Waals surface area contributed by atoms with Gasteiger partial charge >= 0.3 is 0 Å². The molecule has 0 bridgehead atoms. The van der Waals surface area contributed by atoms with Crippen LogP contribution in [0.25, 0.3) is 0 Å². The number of hydrogen-bond acceptors (Lipinski definition) is 2. The summed E-state index contributed by atoms with van der Waals surface area (Å²) in [5, 5.41) is 0. The molecule has 0 atom stereocenters. The van der Waals surface area contributed by atoms with Crippen molar-refractivity contribution in [2.45, 2.75) is 11.4 Å². The average Bonchev–Trinajstić information content (AvgIpc) is 2.13. The van der Waals surface area contributed by atoms with Crippen LogP contribution >= 0.6 is 104 Å². The summed E-state index contributed by atoms with van der Waals surface area (Å²) in [5.74, 6) is -0.266. The van der Waals surface area contributed by atoms with Gasteiger partial charge in [0.25, 0.3) is 0 Å². The summed E-state index contributed by atoms with van der Waals surface area (Å²) < 4.78 is -5.70. The van der Waals surface area contributed by atoms with Gasteiger partial charge in [0.05, 0.1) is 11.4 Å². The molecule has 0 aromatic carbocycles. The van der Waals surface area contributed by atoms with Crippen LogP contribution < -0.4 is 0 Å². The zero-order valence-corrected chi connectivity index (χ0v) is 14.7. The largest absolute Gasteiger partial charge is 0.250 e. The monoisotopic (exact) mass is 428 g/mol. The van der Waals surface area contributed by atoms with E-state index in [0.29, 0.717) is 0 Å². The normalized spacial score (nSPS) is 13.8. The summed E-state index contributed by atoms with van der Waals surface area (Å²) in [6.45, 7) is 0. The van der Waals surface area contributed by atoms with Gasteiger partial charge < -0.3 is 0 Å². The van der Waals surface area contributed by atoms with Crippen LogP contribution in [-0.2, 0) is 11.4 Å². The van der Waals surface area contributed by atoms with Crippen LogP contribution in [0, 0.1) is 0 Å². The van der Waals surface area contributed by atoms with E-state index < -0.39 is 11.4 Å². The zero-order valence-electron chi connectivity index (χ0n) is 7.87. The Kier molecular flexibility index (Phi) is 5.74. The van der Waals surface area contributed by atoms with Crippen LogP contribution in [0.5, 0.6) is 0 Å². The second kappa shape index (κ2) is 5.82. The molecule has 102 valence electrons. The Morgan fingerprint density at radius 2 is 0.944 bits per heavy atom. The second-order valence-corrected chi connectivity index (χ2v) is 9.80. The fourth-order valence-corrected chi connectivity index (χ4v) is 1.70. The quantitative estimate of drug-likeness (QED) is 0.473. The lowest BCUT2D eigenvalue weighted by molar-refractivity contribution is 0.873. The molecule has 0 aliphatic heterocycles. The van der Waals surface area contributed by atoms with Crippen molar-refractivity contribution >= 4 is 104 Å². The zero-order chi connectivity index (χ0) is 14.4. The third-order valence-corrected chi connectivity index (χ3v) is 3.23. The van der Waals surface area contributed by atoms with Crippen LogP contribution in [0.15, 0.2) is 6.07 Å². The van der Waals surface area contributed by atoms with Crippen molar-refractivity contribution in [1.82, 2.24) is 9.97 Å². The Morgan fingerprint density at radius 3 is 1.17 bits per heavy atom. The van der Waals surface area contributed by atoms with Crippen LogP contribution in [0.2, 0.25) is 0 Å². The molecular formula is C7HCl9N2. The van der Waals surface area contributed by atoms with E-state index in [-0.39, 0.29) is 17.2 Å². The summed E-state index contributed by atoms with van der Waals surface area (Å²) >= 11 is 51.1. The first-order valence-corrected chi connectivity index (χ1v) is 7.32. The minimum absolute atomic E-state index is 0.0786. The molecule has 18 heavy (non-hydrogen) atoms. The Bertz CT molecular complexity index is 363. The number of nitrogens with zero attached hydrogens (tertiary/aromatic N) is 2. The fourth-order valence-electron chi connectivity index (χ4n) is 0.864. The molecule has 0 aliphatic rings. The summed E-state index contributed by atoms with van der Waals surface area (Å²) in [6, 6.07) is 1.19. The maximum absolute atomic E-state index is 5.68. The lowest BCUT2D eigenvalue weighted by atomic mass is 10.3. The molecule has 0 unspecified atom stereocenters. The molecule has 0 aliphatic carbocycles. The van der Waals surface area contributed by atoms with E-state index in [1.165, 1.54) is 6.07 Å². The van der Waals surface area contributed by atoms with Gasteiger partial charge in [-0.05, 0) is 6.07 Å². The van der Waals surface area contributed by atoms with E-state index in [9.17, 15) is 0 Å². The van der Waals surface area contributed by atoms with Crippen molar-refractivity contribution in [2.24, 2.45) is 0 Å². The number of halogens is 9. The van der Waals surface area contributed by atoms with E-state index >= 15 is 0 Å². The Labute approximate surface area is 148 Å². The summed E-state index contributed by atoms with van der Waals surface area (Å²) in [7, 11) is 0. The Morgan fingerprint density at radius 1 is 0.611 bits per heavy atom. The van der Waals surface area contributed by atoms with Gasteiger partial charge in [0, 0.05) is 0 Å². The topological polar surface area (TPSA) is 25.8 Å². The van der Waals surface area contributed by atoms with E-state index in [0.717, 1.165) is 0 Å². The third-order valence-electron chi connectivity index (χ3n) is 1.56. The summed E-state index contributed by atoms with van der Waals surface area (Å²) in [5.41, 5.74) is -0.157. The van der Waals surface area contributed by atoms with Gasteiger partial charge in [0.15, 0.2) is 5.82 Å². The summed E-state index contributed by atoms with van der Waals surface area (Å²) in [6.07, 6.45) is 0. The molecule has 1 aromatic rings. The van der Waals surface area contributed by atoms with Crippen molar-refractivity contribution in [1.29, 1.82) is 0 Å². The molecule has 0 radical (unpaired) electrons. The minimum Gasteiger partial charge on any atom is -0.229 e. The number of alkyl halides is 9. The third kappa shape index (κ3) is 4.91. The molecule has 11 heteroatoms. The predicted molar refractivity (Wildman–Crippen MR) is 79.7 cm³/mol. The van der Waals surface area contributed by atoms with Crippen LogP contribution in [0.4, 0.5) is 0 Å². The van der Waals surface area contributed by atoms with Gasteiger partial charge in [-0.25, -0.2) is 9.97 Å². The Balaban J connectivity index is 3.49. The first-order chi connectivity index (χ1) is 7.82. The number of hydrogen-bond donors (Lipinski definition) is 0. The van der Waals surface area contributed by atoms with Gasteiger partial charge in [-0.2, -0.15) is 0 Å².